The van der Waals surface area contributed by atoms with E-state index in [9.17, 15) is 0 Å². The summed E-state index contributed by atoms with van der Waals surface area (Å²) in [5.74, 6) is 1.39. The van der Waals surface area contributed by atoms with E-state index in [1.165, 1.54) is 51.4 Å². The first kappa shape index (κ1) is 18.0. The summed E-state index contributed by atoms with van der Waals surface area (Å²) in [5.41, 5.74) is 6.40. The standard InChI is InChI=1S/C18H37NO/c1-5-7-8-9-12-20-17-13-16(18(3,4)6-2)11-10-15(17)14-19/h15-17H,5-14,19H2,1-4H3. The molecule has 120 valence electrons. The predicted molar refractivity (Wildman–Crippen MR) is 87.8 cm³/mol. The summed E-state index contributed by atoms with van der Waals surface area (Å²) in [7, 11) is 0. The fourth-order valence-corrected chi connectivity index (χ4v) is 3.43. The molecule has 20 heavy (non-hydrogen) atoms. The molecule has 2 nitrogen and oxygen atoms in total. The zero-order chi connectivity index (χ0) is 15.0. The summed E-state index contributed by atoms with van der Waals surface area (Å²) in [5, 5.41) is 0. The van der Waals surface area contributed by atoms with Gasteiger partial charge in [-0.2, -0.15) is 0 Å². The largest absolute Gasteiger partial charge is 0.378 e. The second-order valence-corrected chi connectivity index (χ2v) is 7.32. The van der Waals surface area contributed by atoms with Crippen LogP contribution in [0.1, 0.15) is 79.1 Å². The van der Waals surface area contributed by atoms with Crippen LogP contribution >= 0.6 is 0 Å². The number of hydrogen-bond donors (Lipinski definition) is 1. The molecular weight excluding hydrogens is 246 g/mol. The van der Waals surface area contributed by atoms with E-state index >= 15 is 0 Å². The monoisotopic (exact) mass is 283 g/mol. The van der Waals surface area contributed by atoms with Crippen LogP contribution in [0.2, 0.25) is 0 Å². The highest BCUT2D eigenvalue weighted by atomic mass is 16.5. The predicted octanol–water partition coefficient (Wildman–Crippen LogP) is 4.76. The van der Waals surface area contributed by atoms with Crippen molar-refractivity contribution in [3.63, 3.8) is 0 Å². The van der Waals surface area contributed by atoms with E-state index in [1.54, 1.807) is 0 Å². The molecular formula is C18H37NO. The van der Waals surface area contributed by atoms with E-state index in [1.807, 2.05) is 0 Å². The Bertz CT molecular complexity index is 252. The third kappa shape index (κ3) is 5.37. The van der Waals surface area contributed by atoms with Crippen LogP contribution in [0.15, 0.2) is 0 Å². The van der Waals surface area contributed by atoms with Crippen LogP contribution in [-0.2, 0) is 4.74 Å². The molecule has 2 N–H and O–H groups in total. The molecule has 0 bridgehead atoms. The smallest absolute Gasteiger partial charge is 0.0618 e. The Morgan fingerprint density at radius 3 is 2.45 bits per heavy atom. The van der Waals surface area contributed by atoms with Crippen LogP contribution in [0.5, 0.6) is 0 Å². The van der Waals surface area contributed by atoms with Crippen molar-refractivity contribution in [1.82, 2.24) is 0 Å². The molecule has 0 saturated heterocycles. The van der Waals surface area contributed by atoms with Gasteiger partial charge in [0, 0.05) is 6.61 Å². The molecule has 1 fully saturated rings. The van der Waals surface area contributed by atoms with Crippen LogP contribution in [-0.4, -0.2) is 19.3 Å². The molecule has 3 atom stereocenters. The average molecular weight is 284 g/mol. The molecule has 0 aromatic carbocycles. The molecule has 0 amide bonds. The van der Waals surface area contributed by atoms with Crippen molar-refractivity contribution in [3.05, 3.63) is 0 Å². The maximum Gasteiger partial charge on any atom is 0.0618 e. The highest BCUT2D eigenvalue weighted by molar-refractivity contribution is 4.88. The van der Waals surface area contributed by atoms with E-state index in [4.69, 9.17) is 10.5 Å². The highest BCUT2D eigenvalue weighted by Crippen LogP contribution is 2.42. The summed E-state index contributed by atoms with van der Waals surface area (Å²) in [6, 6.07) is 0. The minimum absolute atomic E-state index is 0.409. The Morgan fingerprint density at radius 1 is 1.10 bits per heavy atom. The molecule has 1 rings (SSSR count). The summed E-state index contributed by atoms with van der Waals surface area (Å²) in [6.07, 6.45) is 10.6. The summed E-state index contributed by atoms with van der Waals surface area (Å²) < 4.78 is 6.22. The molecule has 2 heteroatoms. The third-order valence-electron chi connectivity index (χ3n) is 5.58. The molecule has 1 aliphatic carbocycles. The molecule has 0 spiro atoms. The Hall–Kier alpha value is -0.0800. The lowest BCUT2D eigenvalue weighted by molar-refractivity contribution is -0.0446. The third-order valence-corrected chi connectivity index (χ3v) is 5.58. The minimum Gasteiger partial charge on any atom is -0.378 e. The Labute approximate surface area is 126 Å². The normalized spacial score (nSPS) is 27.8. The number of ether oxygens (including phenoxy) is 1. The highest BCUT2D eigenvalue weighted by Gasteiger charge is 2.37. The van der Waals surface area contributed by atoms with Gasteiger partial charge in [0.2, 0.25) is 0 Å². The lowest BCUT2D eigenvalue weighted by Crippen LogP contribution is -2.40. The van der Waals surface area contributed by atoms with Gasteiger partial charge in [-0.1, -0.05) is 53.4 Å². The number of nitrogens with two attached hydrogens (primary N) is 1. The molecule has 1 aliphatic rings. The molecule has 0 aromatic heterocycles. The zero-order valence-corrected chi connectivity index (χ0v) is 14.3. The van der Waals surface area contributed by atoms with Crippen LogP contribution < -0.4 is 5.73 Å². The van der Waals surface area contributed by atoms with Crippen molar-refractivity contribution < 1.29 is 4.74 Å². The maximum atomic E-state index is 6.22. The second-order valence-electron chi connectivity index (χ2n) is 7.32. The molecule has 0 aliphatic heterocycles. The van der Waals surface area contributed by atoms with Crippen molar-refractivity contribution in [3.8, 4) is 0 Å². The first-order chi connectivity index (χ1) is 9.55. The lowest BCUT2D eigenvalue weighted by atomic mass is 9.66. The quantitative estimate of drug-likeness (QED) is 0.619. The number of unbranched alkanes of at least 4 members (excludes halogenated alkanes) is 3. The number of hydrogen-bond acceptors (Lipinski definition) is 2. The van der Waals surface area contributed by atoms with Crippen LogP contribution in [0.25, 0.3) is 0 Å². The van der Waals surface area contributed by atoms with Gasteiger partial charge in [0.25, 0.3) is 0 Å². The first-order valence-electron chi connectivity index (χ1n) is 8.86. The van der Waals surface area contributed by atoms with Gasteiger partial charge in [0.15, 0.2) is 0 Å². The molecule has 1 saturated carbocycles. The molecule has 0 aromatic rings. The van der Waals surface area contributed by atoms with E-state index in [-0.39, 0.29) is 0 Å². The maximum absolute atomic E-state index is 6.22. The van der Waals surface area contributed by atoms with Gasteiger partial charge in [0.1, 0.15) is 0 Å². The van der Waals surface area contributed by atoms with Gasteiger partial charge in [-0.05, 0) is 49.5 Å². The molecule has 0 radical (unpaired) electrons. The number of rotatable bonds is 9. The second kappa shape index (κ2) is 9.04. The van der Waals surface area contributed by atoms with Crippen LogP contribution in [0, 0.1) is 17.3 Å². The van der Waals surface area contributed by atoms with E-state index < -0.39 is 0 Å². The topological polar surface area (TPSA) is 35.2 Å². The van der Waals surface area contributed by atoms with Crippen molar-refractivity contribution in [2.75, 3.05) is 13.2 Å². The fourth-order valence-electron chi connectivity index (χ4n) is 3.43. The van der Waals surface area contributed by atoms with E-state index in [0.717, 1.165) is 19.1 Å². The van der Waals surface area contributed by atoms with Gasteiger partial charge in [-0.15, -0.1) is 0 Å². The van der Waals surface area contributed by atoms with Crippen molar-refractivity contribution in [2.45, 2.75) is 85.2 Å². The van der Waals surface area contributed by atoms with Crippen molar-refractivity contribution >= 4 is 0 Å². The first-order valence-corrected chi connectivity index (χ1v) is 8.86. The summed E-state index contributed by atoms with van der Waals surface area (Å²) in [6.45, 7) is 11.1. The Balaban J connectivity index is 2.43. The van der Waals surface area contributed by atoms with E-state index in [0.29, 0.717) is 17.4 Å². The van der Waals surface area contributed by atoms with E-state index in [2.05, 4.69) is 27.7 Å². The Morgan fingerprint density at radius 2 is 1.85 bits per heavy atom. The van der Waals surface area contributed by atoms with Crippen LogP contribution in [0.4, 0.5) is 0 Å². The lowest BCUT2D eigenvalue weighted by Gasteiger charge is -2.42. The SMILES string of the molecule is CCCCCCOC1CC(C(C)(C)CC)CCC1CN. The van der Waals surface area contributed by atoms with Gasteiger partial charge in [0.05, 0.1) is 6.10 Å². The fraction of sp³-hybridized carbons (Fsp3) is 1.00. The zero-order valence-electron chi connectivity index (χ0n) is 14.3. The Kier molecular flexibility index (Phi) is 8.13. The average Bonchev–Trinajstić information content (AvgIpc) is 2.46. The molecule has 0 heterocycles. The van der Waals surface area contributed by atoms with Gasteiger partial charge in [-0.25, -0.2) is 0 Å². The summed E-state index contributed by atoms with van der Waals surface area (Å²) in [4.78, 5) is 0. The van der Waals surface area contributed by atoms with Crippen molar-refractivity contribution in [2.24, 2.45) is 23.0 Å². The van der Waals surface area contributed by atoms with Crippen molar-refractivity contribution in [1.29, 1.82) is 0 Å². The molecule has 3 unspecified atom stereocenters. The van der Waals surface area contributed by atoms with Gasteiger partial charge in [-0.3, -0.25) is 0 Å². The summed E-state index contributed by atoms with van der Waals surface area (Å²) >= 11 is 0. The van der Waals surface area contributed by atoms with Gasteiger partial charge >= 0.3 is 0 Å². The van der Waals surface area contributed by atoms with Crippen LogP contribution in [0.3, 0.4) is 0 Å². The van der Waals surface area contributed by atoms with Gasteiger partial charge < -0.3 is 10.5 Å². The minimum atomic E-state index is 0.409.